The summed E-state index contributed by atoms with van der Waals surface area (Å²) >= 11 is 0. The van der Waals surface area contributed by atoms with Gasteiger partial charge in [0.15, 0.2) is 11.5 Å². The van der Waals surface area contributed by atoms with Crippen LogP contribution in [-0.4, -0.2) is 32.8 Å². The summed E-state index contributed by atoms with van der Waals surface area (Å²) in [5, 5.41) is 9.12. The Morgan fingerprint density at radius 2 is 1.86 bits per heavy atom. The van der Waals surface area contributed by atoms with Gasteiger partial charge in [-0.1, -0.05) is 12.1 Å². The number of hydrogen-bond donors (Lipinski definition) is 0. The SMILES string of the molecule is CCOC(=O)/C(C#N)=C/c1ccc(OC(=O)c2cccc(OC)c2)c(OC)c1. The minimum Gasteiger partial charge on any atom is -0.497 e. The molecule has 2 rings (SSSR count). The number of nitrogens with zero attached hydrogens (tertiary/aromatic N) is 1. The van der Waals surface area contributed by atoms with Gasteiger partial charge >= 0.3 is 11.9 Å². The predicted octanol–water partition coefficient (Wildman–Crippen LogP) is 3.39. The number of nitriles is 1. The highest BCUT2D eigenvalue weighted by Crippen LogP contribution is 2.30. The zero-order valence-corrected chi connectivity index (χ0v) is 15.7. The Labute approximate surface area is 162 Å². The molecular formula is C21H19NO6. The second-order valence-electron chi connectivity index (χ2n) is 5.42. The quantitative estimate of drug-likeness (QED) is 0.314. The Bertz CT molecular complexity index is 942. The Balaban J connectivity index is 2.26. The molecule has 0 amide bonds. The summed E-state index contributed by atoms with van der Waals surface area (Å²) in [5.74, 6) is -0.291. The van der Waals surface area contributed by atoms with E-state index < -0.39 is 11.9 Å². The molecule has 0 atom stereocenters. The van der Waals surface area contributed by atoms with E-state index in [1.165, 1.54) is 26.4 Å². The zero-order chi connectivity index (χ0) is 20.5. The van der Waals surface area contributed by atoms with Crippen LogP contribution in [0.1, 0.15) is 22.8 Å². The van der Waals surface area contributed by atoms with Crippen LogP contribution >= 0.6 is 0 Å². The highest BCUT2D eigenvalue weighted by molar-refractivity contribution is 5.98. The monoisotopic (exact) mass is 381 g/mol. The molecule has 0 aliphatic heterocycles. The summed E-state index contributed by atoms with van der Waals surface area (Å²) in [7, 11) is 2.92. The first-order valence-electron chi connectivity index (χ1n) is 8.35. The molecule has 0 saturated carbocycles. The molecule has 0 radical (unpaired) electrons. The van der Waals surface area contributed by atoms with Gasteiger partial charge in [0.2, 0.25) is 0 Å². The molecule has 144 valence electrons. The van der Waals surface area contributed by atoms with Crippen LogP contribution in [0.25, 0.3) is 6.08 Å². The van der Waals surface area contributed by atoms with Gasteiger partial charge < -0.3 is 18.9 Å². The van der Waals surface area contributed by atoms with Crippen molar-refractivity contribution >= 4 is 18.0 Å². The van der Waals surface area contributed by atoms with E-state index in [1.54, 1.807) is 49.4 Å². The Morgan fingerprint density at radius 1 is 1.07 bits per heavy atom. The summed E-state index contributed by atoms with van der Waals surface area (Å²) in [6, 6.07) is 13.0. The normalized spacial score (nSPS) is 10.6. The molecule has 0 spiro atoms. The fourth-order valence-electron chi connectivity index (χ4n) is 2.28. The maximum absolute atomic E-state index is 12.4. The van der Waals surface area contributed by atoms with Crippen molar-refractivity contribution in [3.8, 4) is 23.3 Å². The van der Waals surface area contributed by atoms with Crippen LogP contribution in [0.4, 0.5) is 0 Å². The first kappa shape index (κ1) is 20.5. The first-order chi connectivity index (χ1) is 13.5. The molecule has 0 aliphatic rings. The van der Waals surface area contributed by atoms with Gasteiger partial charge in [0.1, 0.15) is 17.4 Å². The van der Waals surface area contributed by atoms with Crippen LogP contribution in [-0.2, 0) is 9.53 Å². The molecule has 0 bridgehead atoms. The van der Waals surface area contributed by atoms with Gasteiger partial charge in [-0.2, -0.15) is 5.26 Å². The Morgan fingerprint density at radius 3 is 2.50 bits per heavy atom. The van der Waals surface area contributed by atoms with E-state index in [0.717, 1.165) is 0 Å². The average Bonchev–Trinajstić information content (AvgIpc) is 2.72. The van der Waals surface area contributed by atoms with Crippen LogP contribution < -0.4 is 14.2 Å². The van der Waals surface area contributed by atoms with Crippen molar-refractivity contribution in [1.82, 2.24) is 0 Å². The number of methoxy groups -OCH3 is 2. The second-order valence-corrected chi connectivity index (χ2v) is 5.42. The summed E-state index contributed by atoms with van der Waals surface area (Å²) in [6.07, 6.45) is 1.37. The van der Waals surface area contributed by atoms with Crippen molar-refractivity contribution in [3.63, 3.8) is 0 Å². The third-order valence-electron chi connectivity index (χ3n) is 3.62. The molecule has 0 aliphatic carbocycles. The average molecular weight is 381 g/mol. The number of benzene rings is 2. The second kappa shape index (κ2) is 9.78. The molecule has 2 aromatic carbocycles. The number of hydrogen-bond acceptors (Lipinski definition) is 7. The maximum Gasteiger partial charge on any atom is 0.348 e. The summed E-state index contributed by atoms with van der Waals surface area (Å²) in [6.45, 7) is 1.82. The molecule has 0 N–H and O–H groups in total. The van der Waals surface area contributed by atoms with Crippen molar-refractivity contribution in [2.75, 3.05) is 20.8 Å². The predicted molar refractivity (Wildman–Crippen MR) is 101 cm³/mol. The van der Waals surface area contributed by atoms with Gasteiger partial charge in [-0.25, -0.2) is 9.59 Å². The van der Waals surface area contributed by atoms with Gasteiger partial charge in [-0.3, -0.25) is 0 Å². The van der Waals surface area contributed by atoms with Gasteiger partial charge in [0, 0.05) is 0 Å². The van der Waals surface area contributed by atoms with Gasteiger partial charge in [-0.15, -0.1) is 0 Å². The molecule has 0 heterocycles. The third kappa shape index (κ3) is 5.11. The molecule has 28 heavy (non-hydrogen) atoms. The van der Waals surface area contributed by atoms with Crippen molar-refractivity contribution in [2.24, 2.45) is 0 Å². The number of ether oxygens (including phenoxy) is 4. The fourth-order valence-corrected chi connectivity index (χ4v) is 2.28. The molecule has 0 unspecified atom stereocenters. The Hall–Kier alpha value is -3.79. The summed E-state index contributed by atoms with van der Waals surface area (Å²) in [4.78, 5) is 24.1. The van der Waals surface area contributed by atoms with Crippen molar-refractivity contribution in [1.29, 1.82) is 5.26 Å². The topological polar surface area (TPSA) is 94.9 Å². The molecule has 2 aromatic rings. The minimum absolute atomic E-state index is 0.148. The lowest BCUT2D eigenvalue weighted by Gasteiger charge is -2.10. The highest BCUT2D eigenvalue weighted by Gasteiger charge is 2.15. The third-order valence-corrected chi connectivity index (χ3v) is 3.62. The minimum atomic E-state index is -0.711. The van der Waals surface area contributed by atoms with Crippen molar-refractivity contribution in [2.45, 2.75) is 6.92 Å². The Kier molecular flexibility index (Phi) is 7.17. The van der Waals surface area contributed by atoms with Crippen LogP contribution in [0.15, 0.2) is 48.0 Å². The van der Waals surface area contributed by atoms with E-state index in [-0.39, 0.29) is 23.7 Å². The van der Waals surface area contributed by atoms with Crippen LogP contribution in [0.2, 0.25) is 0 Å². The van der Waals surface area contributed by atoms with Crippen LogP contribution in [0.5, 0.6) is 17.2 Å². The van der Waals surface area contributed by atoms with Crippen LogP contribution in [0, 0.1) is 11.3 Å². The van der Waals surface area contributed by atoms with Gasteiger partial charge in [-0.05, 0) is 48.9 Å². The largest absolute Gasteiger partial charge is 0.497 e. The van der Waals surface area contributed by atoms with E-state index in [1.807, 2.05) is 0 Å². The van der Waals surface area contributed by atoms with E-state index in [2.05, 4.69) is 0 Å². The molecule has 7 nitrogen and oxygen atoms in total. The first-order valence-corrected chi connectivity index (χ1v) is 8.35. The lowest BCUT2D eigenvalue weighted by atomic mass is 10.1. The smallest absolute Gasteiger partial charge is 0.348 e. The van der Waals surface area contributed by atoms with E-state index in [0.29, 0.717) is 16.9 Å². The molecule has 0 aromatic heterocycles. The number of carbonyl (C=O) groups is 2. The number of esters is 2. The molecular weight excluding hydrogens is 362 g/mol. The number of carbonyl (C=O) groups excluding carboxylic acids is 2. The number of rotatable bonds is 7. The zero-order valence-electron chi connectivity index (χ0n) is 15.7. The fraction of sp³-hybridized carbons (Fsp3) is 0.190. The molecule has 0 fully saturated rings. The van der Waals surface area contributed by atoms with Crippen molar-refractivity contribution < 1.29 is 28.5 Å². The van der Waals surface area contributed by atoms with E-state index >= 15 is 0 Å². The lowest BCUT2D eigenvalue weighted by molar-refractivity contribution is -0.137. The van der Waals surface area contributed by atoms with E-state index in [4.69, 9.17) is 24.2 Å². The van der Waals surface area contributed by atoms with E-state index in [9.17, 15) is 9.59 Å². The summed E-state index contributed by atoms with van der Waals surface area (Å²) < 4.78 is 20.6. The van der Waals surface area contributed by atoms with Crippen molar-refractivity contribution in [3.05, 3.63) is 59.2 Å². The maximum atomic E-state index is 12.4. The van der Waals surface area contributed by atoms with Crippen LogP contribution in [0.3, 0.4) is 0 Å². The lowest BCUT2D eigenvalue weighted by Crippen LogP contribution is -2.09. The standard InChI is InChI=1S/C21H19NO6/c1-4-27-20(23)16(13-22)10-14-8-9-18(19(11-14)26-3)28-21(24)15-6-5-7-17(12-15)25-2/h5-12H,4H2,1-3H3/b16-10+. The summed E-state index contributed by atoms with van der Waals surface area (Å²) in [5.41, 5.74) is 0.687. The molecule has 0 saturated heterocycles. The highest BCUT2D eigenvalue weighted by atomic mass is 16.6. The van der Waals surface area contributed by atoms with Gasteiger partial charge in [0.25, 0.3) is 0 Å². The molecule has 7 heteroatoms. The van der Waals surface area contributed by atoms with Gasteiger partial charge in [0.05, 0.1) is 26.4 Å².